The summed E-state index contributed by atoms with van der Waals surface area (Å²) in [6, 6.07) is 0. The van der Waals surface area contributed by atoms with Crippen LogP contribution in [0, 0.1) is 0 Å². The summed E-state index contributed by atoms with van der Waals surface area (Å²) >= 11 is 0. The minimum Gasteiger partial charge on any atom is -0.550 e. The average Bonchev–Trinajstić information content (AvgIpc) is 2.34. The molecule has 0 rings (SSSR count). The maximum atomic E-state index is 11.7. The smallest absolute Gasteiger partial charge is 0.550 e. The molecule has 0 radical (unpaired) electrons. The molecule has 0 aliphatic carbocycles. The predicted molar refractivity (Wildman–Crippen MR) is 70.9 cm³/mol. The van der Waals surface area contributed by atoms with Crippen LogP contribution >= 0.6 is 0 Å². The van der Waals surface area contributed by atoms with E-state index in [1.165, 1.54) is 0 Å². The fourth-order valence-electron chi connectivity index (χ4n) is 1.76. The summed E-state index contributed by atoms with van der Waals surface area (Å²) in [7, 11) is 0. The Morgan fingerprint density at radius 1 is 0.808 bits per heavy atom. The van der Waals surface area contributed by atoms with Gasteiger partial charge in [0.2, 0.25) is 5.60 Å². The number of hydrogen-bond donors (Lipinski definition) is 4. The van der Waals surface area contributed by atoms with Crippen LogP contribution in [0.25, 0.3) is 0 Å². The number of esters is 1. The molecule has 0 amide bonds. The first-order valence-corrected chi connectivity index (χ1v) is 6.26. The third kappa shape index (κ3) is 7.62. The van der Waals surface area contributed by atoms with Crippen molar-refractivity contribution in [2.24, 2.45) is 0 Å². The molecule has 0 aromatic rings. The van der Waals surface area contributed by atoms with E-state index in [1.54, 1.807) is 0 Å². The van der Waals surface area contributed by atoms with Gasteiger partial charge in [-0.05, 0) is 0 Å². The van der Waals surface area contributed by atoms with Crippen molar-refractivity contribution in [3.8, 4) is 0 Å². The van der Waals surface area contributed by atoms with E-state index in [1.807, 2.05) is 0 Å². The zero-order chi connectivity index (χ0) is 20.0. The standard InChI is InChI=1S/C12H14O13.Mg/c13-5(14)1-11(24,9(20)21)4-8(19)25-12(10(22)23,2-6(15)16)3-7(17)18;/h24H,1-4H2,(H,13,14)(H,15,16)(H,17,18)(H,20,21)(H,22,23);/q;+2/p-2. The second kappa shape index (κ2) is 9.88. The van der Waals surface area contributed by atoms with Crippen molar-refractivity contribution >= 4 is 58.9 Å². The van der Waals surface area contributed by atoms with Gasteiger partial charge < -0.3 is 45.0 Å². The SMILES string of the molecule is O=C([O-])CC(O)(CC(=O)OC(CC(=O)O)(CC(=O)O)C(=O)O)C(=O)[O-].[Mg+2]. The Balaban J connectivity index is 0. The van der Waals surface area contributed by atoms with Crippen LogP contribution < -0.4 is 10.2 Å². The van der Waals surface area contributed by atoms with Gasteiger partial charge in [-0.1, -0.05) is 0 Å². The molecule has 0 saturated carbocycles. The Labute approximate surface area is 160 Å². The maximum absolute atomic E-state index is 11.7. The fraction of sp³-hybridized carbons (Fsp3) is 0.500. The molecule has 0 aromatic heterocycles. The summed E-state index contributed by atoms with van der Waals surface area (Å²) in [5.74, 6) is -12.3. The topological polar surface area (TPSA) is 239 Å². The molecule has 13 nitrogen and oxygen atoms in total. The third-order valence-corrected chi connectivity index (χ3v) is 2.83. The van der Waals surface area contributed by atoms with E-state index in [2.05, 4.69) is 4.74 Å². The second-order valence-corrected chi connectivity index (χ2v) is 4.96. The van der Waals surface area contributed by atoms with Crippen molar-refractivity contribution in [1.82, 2.24) is 0 Å². The van der Waals surface area contributed by atoms with Crippen molar-refractivity contribution < 1.29 is 64.1 Å². The number of carbonyl (C=O) groups is 6. The van der Waals surface area contributed by atoms with Gasteiger partial charge in [0.25, 0.3) is 0 Å². The molecule has 0 fully saturated rings. The molecule has 0 aliphatic rings. The Morgan fingerprint density at radius 3 is 1.50 bits per heavy atom. The minimum absolute atomic E-state index is 0. The molecule has 0 spiro atoms. The van der Waals surface area contributed by atoms with Crippen molar-refractivity contribution in [1.29, 1.82) is 0 Å². The Kier molecular flexibility index (Phi) is 9.80. The predicted octanol–water partition coefficient (Wildman–Crippen LogP) is -5.07. The summed E-state index contributed by atoms with van der Waals surface area (Å²) in [4.78, 5) is 65.6. The molecular formula is C12H12MgO13. The fourth-order valence-corrected chi connectivity index (χ4v) is 1.76. The molecule has 0 bridgehead atoms. The van der Waals surface area contributed by atoms with Gasteiger partial charge in [0.15, 0.2) is 0 Å². The molecule has 140 valence electrons. The number of carbonyl (C=O) groups excluding carboxylic acids is 3. The first-order chi connectivity index (χ1) is 11.2. The van der Waals surface area contributed by atoms with Crippen LogP contribution in [0.3, 0.4) is 0 Å². The number of ether oxygens (including phenoxy) is 1. The van der Waals surface area contributed by atoms with Crippen LogP contribution in [-0.4, -0.2) is 90.5 Å². The molecule has 4 N–H and O–H groups in total. The minimum atomic E-state index is -3.34. The Bertz CT molecular complexity index is 596. The number of aliphatic hydroxyl groups is 1. The molecule has 0 heterocycles. The zero-order valence-corrected chi connectivity index (χ0v) is 14.4. The van der Waals surface area contributed by atoms with Gasteiger partial charge in [-0.3, -0.25) is 14.4 Å². The van der Waals surface area contributed by atoms with Crippen molar-refractivity contribution in [2.75, 3.05) is 0 Å². The van der Waals surface area contributed by atoms with Crippen LogP contribution in [0.5, 0.6) is 0 Å². The summed E-state index contributed by atoms with van der Waals surface area (Å²) in [5.41, 5.74) is -6.45. The molecule has 1 unspecified atom stereocenters. The Morgan fingerprint density at radius 2 is 1.23 bits per heavy atom. The quantitative estimate of drug-likeness (QED) is 0.191. The molecule has 0 saturated heterocycles. The summed E-state index contributed by atoms with van der Waals surface area (Å²) < 4.78 is 4.28. The van der Waals surface area contributed by atoms with Gasteiger partial charge in [0, 0.05) is 12.4 Å². The molecule has 14 heteroatoms. The normalized spacial score (nSPS) is 12.8. The van der Waals surface area contributed by atoms with Crippen LogP contribution in [0.2, 0.25) is 0 Å². The van der Waals surface area contributed by atoms with E-state index in [-0.39, 0.29) is 23.1 Å². The molecule has 0 aromatic carbocycles. The van der Waals surface area contributed by atoms with Crippen molar-refractivity contribution in [2.45, 2.75) is 36.9 Å². The van der Waals surface area contributed by atoms with E-state index in [9.17, 15) is 44.1 Å². The molecular weight excluding hydrogens is 376 g/mol. The van der Waals surface area contributed by atoms with Crippen LogP contribution in [0.1, 0.15) is 25.7 Å². The number of aliphatic carboxylic acids is 5. The first-order valence-electron chi connectivity index (χ1n) is 6.26. The van der Waals surface area contributed by atoms with E-state index in [4.69, 9.17) is 15.3 Å². The maximum Gasteiger partial charge on any atom is 2.00 e. The summed E-state index contributed by atoms with van der Waals surface area (Å²) in [6.07, 6.45) is -6.27. The molecule has 1 atom stereocenters. The van der Waals surface area contributed by atoms with E-state index in [0.717, 1.165) is 0 Å². The van der Waals surface area contributed by atoms with Gasteiger partial charge in [0.05, 0.1) is 25.2 Å². The second-order valence-electron chi connectivity index (χ2n) is 4.96. The van der Waals surface area contributed by atoms with E-state index >= 15 is 0 Å². The monoisotopic (exact) mass is 388 g/mol. The summed E-state index contributed by atoms with van der Waals surface area (Å²) in [5, 5.41) is 57.1. The third-order valence-electron chi connectivity index (χ3n) is 2.83. The van der Waals surface area contributed by atoms with Crippen molar-refractivity contribution in [3.63, 3.8) is 0 Å². The summed E-state index contributed by atoms with van der Waals surface area (Å²) in [6.45, 7) is 0. The molecule has 26 heavy (non-hydrogen) atoms. The number of hydrogen-bond acceptors (Lipinski definition) is 10. The Hall–Kier alpha value is -2.45. The van der Waals surface area contributed by atoms with Gasteiger partial charge in [-0.25, -0.2) is 4.79 Å². The van der Waals surface area contributed by atoms with Gasteiger partial charge in [-0.15, -0.1) is 0 Å². The van der Waals surface area contributed by atoms with E-state index < -0.39 is 72.7 Å². The van der Waals surface area contributed by atoms with Crippen LogP contribution in [0.4, 0.5) is 0 Å². The van der Waals surface area contributed by atoms with Crippen molar-refractivity contribution in [3.05, 3.63) is 0 Å². The first kappa shape index (κ1) is 25.8. The zero-order valence-electron chi connectivity index (χ0n) is 13.0. The number of rotatable bonds is 11. The van der Waals surface area contributed by atoms with Gasteiger partial charge in [0.1, 0.15) is 5.60 Å². The molecule has 0 aliphatic heterocycles. The van der Waals surface area contributed by atoms with E-state index in [0.29, 0.717) is 0 Å². The number of carboxylic acids is 5. The van der Waals surface area contributed by atoms with Gasteiger partial charge >= 0.3 is 46.9 Å². The van der Waals surface area contributed by atoms with Gasteiger partial charge in [-0.2, -0.15) is 0 Å². The van der Waals surface area contributed by atoms with Crippen LogP contribution in [0.15, 0.2) is 0 Å². The average molecular weight is 389 g/mol. The number of carboxylic acid groups (broad SMARTS) is 5. The van der Waals surface area contributed by atoms with Crippen LogP contribution in [-0.2, 0) is 33.5 Å². The largest absolute Gasteiger partial charge is 2.00 e.